The normalized spacial score (nSPS) is 19.7. The van der Waals surface area contributed by atoms with Gasteiger partial charge in [0, 0.05) is 31.4 Å². The molecule has 0 bridgehead atoms. The number of carbonyl (C=O) groups excluding carboxylic acids is 1. The van der Waals surface area contributed by atoms with Gasteiger partial charge in [-0.2, -0.15) is 0 Å². The SMILES string of the molecule is O=C(Cn1ccccc1=O)N1CCC(NCC2CC2)CC1. The predicted octanol–water partition coefficient (Wildman–Crippen LogP) is 0.839. The maximum atomic E-state index is 12.2. The van der Waals surface area contributed by atoms with E-state index in [1.54, 1.807) is 18.3 Å². The molecule has 1 saturated carbocycles. The summed E-state index contributed by atoms with van der Waals surface area (Å²) in [6, 6.07) is 5.51. The van der Waals surface area contributed by atoms with Crippen LogP contribution in [0.15, 0.2) is 29.2 Å². The van der Waals surface area contributed by atoms with Crippen LogP contribution in [0.25, 0.3) is 0 Å². The highest BCUT2D eigenvalue weighted by molar-refractivity contribution is 5.76. The van der Waals surface area contributed by atoms with Crippen molar-refractivity contribution in [1.29, 1.82) is 0 Å². The molecule has 0 aromatic carbocycles. The lowest BCUT2D eigenvalue weighted by Gasteiger charge is -2.32. The summed E-state index contributed by atoms with van der Waals surface area (Å²) in [7, 11) is 0. The molecule has 1 aromatic heterocycles. The summed E-state index contributed by atoms with van der Waals surface area (Å²) < 4.78 is 1.47. The molecule has 0 atom stereocenters. The van der Waals surface area contributed by atoms with Crippen LogP contribution in [0.2, 0.25) is 0 Å². The Morgan fingerprint density at radius 3 is 2.62 bits per heavy atom. The molecule has 3 rings (SSSR count). The standard InChI is InChI=1S/C16H23N3O2/c20-15-3-1-2-8-19(15)12-16(21)18-9-6-14(7-10-18)17-11-13-4-5-13/h1-3,8,13-14,17H,4-7,9-12H2. The number of hydrogen-bond donors (Lipinski definition) is 1. The summed E-state index contributed by atoms with van der Waals surface area (Å²) in [5, 5.41) is 3.61. The van der Waals surface area contributed by atoms with Crippen LogP contribution in [0.1, 0.15) is 25.7 Å². The fourth-order valence-corrected chi connectivity index (χ4v) is 2.83. The summed E-state index contributed by atoms with van der Waals surface area (Å²) in [5.74, 6) is 0.943. The molecule has 0 spiro atoms. The Bertz CT molecular complexity index is 542. The number of nitrogens with zero attached hydrogens (tertiary/aromatic N) is 2. The van der Waals surface area contributed by atoms with Gasteiger partial charge in [-0.15, -0.1) is 0 Å². The lowest BCUT2D eigenvalue weighted by Crippen LogP contribution is -2.46. The maximum absolute atomic E-state index is 12.2. The Labute approximate surface area is 124 Å². The van der Waals surface area contributed by atoms with Crippen molar-refractivity contribution < 1.29 is 4.79 Å². The number of hydrogen-bond acceptors (Lipinski definition) is 3. The third-order valence-corrected chi connectivity index (χ3v) is 4.44. The summed E-state index contributed by atoms with van der Waals surface area (Å²) in [6.45, 7) is 2.88. The van der Waals surface area contributed by atoms with Gasteiger partial charge in [0.25, 0.3) is 5.56 Å². The van der Waals surface area contributed by atoms with Crippen molar-refractivity contribution in [2.45, 2.75) is 38.3 Å². The zero-order valence-corrected chi connectivity index (χ0v) is 12.3. The van der Waals surface area contributed by atoms with Crippen molar-refractivity contribution in [3.63, 3.8) is 0 Å². The van der Waals surface area contributed by atoms with Crippen molar-refractivity contribution in [2.24, 2.45) is 5.92 Å². The van der Waals surface area contributed by atoms with Crippen molar-refractivity contribution in [3.05, 3.63) is 34.7 Å². The van der Waals surface area contributed by atoms with Gasteiger partial charge in [0.15, 0.2) is 0 Å². The largest absolute Gasteiger partial charge is 0.341 e. The summed E-state index contributed by atoms with van der Waals surface area (Å²) in [6.07, 6.45) is 6.45. The fraction of sp³-hybridized carbons (Fsp3) is 0.625. The average molecular weight is 289 g/mol. The summed E-state index contributed by atoms with van der Waals surface area (Å²) in [4.78, 5) is 25.8. The van der Waals surface area contributed by atoms with Crippen LogP contribution >= 0.6 is 0 Å². The number of aromatic nitrogens is 1. The van der Waals surface area contributed by atoms with Gasteiger partial charge in [-0.25, -0.2) is 0 Å². The first-order chi connectivity index (χ1) is 10.2. The lowest BCUT2D eigenvalue weighted by molar-refractivity contribution is -0.133. The minimum absolute atomic E-state index is 0.0453. The lowest BCUT2D eigenvalue weighted by atomic mass is 10.0. The minimum atomic E-state index is -0.119. The van der Waals surface area contributed by atoms with Gasteiger partial charge < -0.3 is 14.8 Å². The fourth-order valence-electron chi connectivity index (χ4n) is 2.83. The summed E-state index contributed by atoms with van der Waals surface area (Å²) in [5.41, 5.74) is -0.119. The molecule has 0 unspecified atom stereocenters. The van der Waals surface area contributed by atoms with E-state index >= 15 is 0 Å². The molecule has 1 aliphatic carbocycles. The third kappa shape index (κ3) is 3.94. The zero-order chi connectivity index (χ0) is 14.7. The number of nitrogens with one attached hydrogen (secondary N) is 1. The Kier molecular flexibility index (Phi) is 4.39. The Morgan fingerprint density at radius 2 is 1.95 bits per heavy atom. The van der Waals surface area contributed by atoms with Crippen molar-refractivity contribution in [1.82, 2.24) is 14.8 Å². The van der Waals surface area contributed by atoms with E-state index in [0.29, 0.717) is 6.04 Å². The van der Waals surface area contributed by atoms with Crippen LogP contribution in [-0.4, -0.2) is 41.1 Å². The molecule has 5 heteroatoms. The number of likely N-dealkylation sites (tertiary alicyclic amines) is 1. The number of piperidine rings is 1. The molecule has 21 heavy (non-hydrogen) atoms. The van der Waals surface area contributed by atoms with Gasteiger partial charge in [-0.05, 0) is 44.2 Å². The van der Waals surface area contributed by atoms with Crippen LogP contribution in [0.5, 0.6) is 0 Å². The third-order valence-electron chi connectivity index (χ3n) is 4.44. The van der Waals surface area contributed by atoms with E-state index in [4.69, 9.17) is 0 Å². The molecule has 1 aliphatic heterocycles. The highest BCUT2D eigenvalue weighted by atomic mass is 16.2. The highest BCUT2D eigenvalue weighted by Gasteiger charge is 2.25. The first-order valence-electron chi connectivity index (χ1n) is 7.89. The van der Waals surface area contributed by atoms with Gasteiger partial charge in [0.05, 0.1) is 0 Å². The number of amides is 1. The molecular formula is C16H23N3O2. The Balaban J connectivity index is 1.46. The van der Waals surface area contributed by atoms with Crippen molar-refractivity contribution >= 4 is 5.91 Å². The smallest absolute Gasteiger partial charge is 0.250 e. The second-order valence-corrected chi connectivity index (χ2v) is 6.17. The van der Waals surface area contributed by atoms with E-state index in [9.17, 15) is 9.59 Å². The predicted molar refractivity (Wildman–Crippen MR) is 81.0 cm³/mol. The second kappa shape index (κ2) is 6.43. The van der Waals surface area contributed by atoms with Crippen LogP contribution < -0.4 is 10.9 Å². The van der Waals surface area contributed by atoms with Gasteiger partial charge in [0.1, 0.15) is 6.54 Å². The van der Waals surface area contributed by atoms with Crippen LogP contribution in [-0.2, 0) is 11.3 Å². The molecule has 1 amide bonds. The first kappa shape index (κ1) is 14.3. The Morgan fingerprint density at radius 1 is 1.19 bits per heavy atom. The van der Waals surface area contributed by atoms with E-state index in [-0.39, 0.29) is 18.0 Å². The van der Waals surface area contributed by atoms with Gasteiger partial charge >= 0.3 is 0 Å². The second-order valence-electron chi connectivity index (χ2n) is 6.17. The molecule has 2 heterocycles. The van der Waals surface area contributed by atoms with E-state index < -0.39 is 0 Å². The van der Waals surface area contributed by atoms with Gasteiger partial charge in [0.2, 0.25) is 5.91 Å². The van der Waals surface area contributed by atoms with E-state index in [0.717, 1.165) is 38.4 Å². The van der Waals surface area contributed by atoms with E-state index in [2.05, 4.69) is 5.32 Å². The molecular weight excluding hydrogens is 266 g/mol. The topological polar surface area (TPSA) is 54.3 Å². The maximum Gasteiger partial charge on any atom is 0.250 e. The molecule has 5 nitrogen and oxygen atoms in total. The molecule has 1 N–H and O–H groups in total. The monoisotopic (exact) mass is 289 g/mol. The number of pyridine rings is 1. The quantitative estimate of drug-likeness (QED) is 0.874. The molecule has 1 aromatic rings. The van der Waals surface area contributed by atoms with Crippen molar-refractivity contribution in [3.8, 4) is 0 Å². The molecule has 0 radical (unpaired) electrons. The highest BCUT2D eigenvalue weighted by Crippen LogP contribution is 2.28. The van der Waals surface area contributed by atoms with Crippen LogP contribution in [0.3, 0.4) is 0 Å². The van der Waals surface area contributed by atoms with Crippen molar-refractivity contribution in [2.75, 3.05) is 19.6 Å². The molecule has 114 valence electrons. The number of rotatable bonds is 5. The van der Waals surface area contributed by atoms with Gasteiger partial charge in [-0.1, -0.05) is 6.07 Å². The van der Waals surface area contributed by atoms with Crippen LogP contribution in [0.4, 0.5) is 0 Å². The van der Waals surface area contributed by atoms with E-state index in [1.807, 2.05) is 4.90 Å². The Hall–Kier alpha value is -1.62. The molecule has 2 aliphatic rings. The molecule has 2 fully saturated rings. The van der Waals surface area contributed by atoms with E-state index in [1.165, 1.54) is 23.5 Å². The van der Waals surface area contributed by atoms with Gasteiger partial charge in [-0.3, -0.25) is 9.59 Å². The first-order valence-corrected chi connectivity index (χ1v) is 7.89. The minimum Gasteiger partial charge on any atom is -0.341 e. The summed E-state index contributed by atoms with van der Waals surface area (Å²) >= 11 is 0. The number of carbonyl (C=O) groups is 1. The zero-order valence-electron chi connectivity index (χ0n) is 12.3. The average Bonchev–Trinajstić information content (AvgIpc) is 3.32. The van der Waals surface area contributed by atoms with Crippen LogP contribution in [0, 0.1) is 5.92 Å². The molecule has 1 saturated heterocycles.